The highest BCUT2D eigenvalue weighted by Crippen LogP contribution is 2.50. The molecule has 0 bridgehead atoms. The molecule has 1 aromatic rings. The molecule has 0 saturated heterocycles. The SMILES string of the molecule is CCOc1ccccc1C1(O)CCC(C)(C)C1. The predicted molar refractivity (Wildman–Crippen MR) is 69.1 cm³/mol. The third-order valence-electron chi connectivity index (χ3n) is 3.67. The van der Waals surface area contributed by atoms with E-state index >= 15 is 0 Å². The Balaban J connectivity index is 2.34. The molecule has 0 amide bonds. The lowest BCUT2D eigenvalue weighted by Crippen LogP contribution is -2.24. The highest BCUT2D eigenvalue weighted by Gasteiger charge is 2.44. The second-order valence-corrected chi connectivity index (χ2v) is 5.80. The number of ether oxygens (including phenoxy) is 1. The summed E-state index contributed by atoms with van der Waals surface area (Å²) < 4.78 is 5.62. The highest BCUT2D eigenvalue weighted by atomic mass is 16.5. The van der Waals surface area contributed by atoms with Crippen molar-refractivity contribution < 1.29 is 9.84 Å². The van der Waals surface area contributed by atoms with Crippen LogP contribution in [0.3, 0.4) is 0 Å². The lowest BCUT2D eigenvalue weighted by molar-refractivity contribution is 0.0310. The van der Waals surface area contributed by atoms with Crippen LogP contribution >= 0.6 is 0 Å². The first-order valence-electron chi connectivity index (χ1n) is 6.42. The van der Waals surface area contributed by atoms with E-state index in [0.717, 1.165) is 30.6 Å². The van der Waals surface area contributed by atoms with Crippen LogP contribution in [0.4, 0.5) is 0 Å². The summed E-state index contributed by atoms with van der Waals surface area (Å²) >= 11 is 0. The van der Waals surface area contributed by atoms with E-state index in [1.165, 1.54) is 0 Å². The summed E-state index contributed by atoms with van der Waals surface area (Å²) in [6.07, 6.45) is 2.69. The first-order chi connectivity index (χ1) is 7.97. The minimum atomic E-state index is -0.713. The number of hydrogen-bond donors (Lipinski definition) is 1. The van der Waals surface area contributed by atoms with E-state index in [1.807, 2.05) is 31.2 Å². The maximum absolute atomic E-state index is 10.8. The molecule has 17 heavy (non-hydrogen) atoms. The molecular weight excluding hydrogens is 212 g/mol. The third kappa shape index (κ3) is 2.47. The molecule has 1 aromatic carbocycles. The largest absolute Gasteiger partial charge is 0.493 e. The Labute approximate surface area is 104 Å². The van der Waals surface area contributed by atoms with Gasteiger partial charge in [0.25, 0.3) is 0 Å². The zero-order valence-electron chi connectivity index (χ0n) is 11.0. The summed E-state index contributed by atoms with van der Waals surface area (Å²) in [6.45, 7) is 7.04. The van der Waals surface area contributed by atoms with E-state index in [-0.39, 0.29) is 5.41 Å². The Kier molecular flexibility index (Phi) is 3.17. The maximum atomic E-state index is 10.8. The van der Waals surface area contributed by atoms with Gasteiger partial charge in [-0.15, -0.1) is 0 Å². The van der Waals surface area contributed by atoms with Gasteiger partial charge in [-0.05, 0) is 37.7 Å². The van der Waals surface area contributed by atoms with Gasteiger partial charge in [-0.1, -0.05) is 32.0 Å². The Bertz CT molecular complexity index is 398. The van der Waals surface area contributed by atoms with Crippen LogP contribution in [0.5, 0.6) is 5.75 Å². The zero-order chi connectivity index (χ0) is 12.5. The van der Waals surface area contributed by atoms with Crippen LogP contribution in [-0.4, -0.2) is 11.7 Å². The van der Waals surface area contributed by atoms with Gasteiger partial charge >= 0.3 is 0 Å². The van der Waals surface area contributed by atoms with Gasteiger partial charge in [0, 0.05) is 5.56 Å². The second kappa shape index (κ2) is 4.34. The Morgan fingerprint density at radius 3 is 2.53 bits per heavy atom. The minimum Gasteiger partial charge on any atom is -0.493 e. The lowest BCUT2D eigenvalue weighted by atomic mass is 9.85. The molecule has 2 rings (SSSR count). The van der Waals surface area contributed by atoms with Crippen molar-refractivity contribution in [2.45, 2.75) is 45.6 Å². The van der Waals surface area contributed by atoms with Gasteiger partial charge in [0.2, 0.25) is 0 Å². The summed E-state index contributed by atoms with van der Waals surface area (Å²) in [6, 6.07) is 7.87. The lowest BCUT2D eigenvalue weighted by Gasteiger charge is -2.27. The average Bonchev–Trinajstić information content (AvgIpc) is 2.55. The van der Waals surface area contributed by atoms with Crippen molar-refractivity contribution in [3.05, 3.63) is 29.8 Å². The predicted octanol–water partition coefficient (Wildman–Crippen LogP) is 3.48. The first kappa shape index (κ1) is 12.4. The number of hydrogen-bond acceptors (Lipinski definition) is 2. The van der Waals surface area contributed by atoms with Gasteiger partial charge < -0.3 is 9.84 Å². The normalized spacial score (nSPS) is 27.1. The van der Waals surface area contributed by atoms with Gasteiger partial charge in [0.05, 0.1) is 12.2 Å². The van der Waals surface area contributed by atoms with E-state index in [0.29, 0.717) is 6.61 Å². The smallest absolute Gasteiger partial charge is 0.125 e. The monoisotopic (exact) mass is 234 g/mol. The zero-order valence-corrected chi connectivity index (χ0v) is 11.0. The molecule has 1 N–H and O–H groups in total. The van der Waals surface area contributed by atoms with Crippen LogP contribution in [0, 0.1) is 5.41 Å². The molecular formula is C15H22O2. The highest BCUT2D eigenvalue weighted by molar-refractivity contribution is 5.39. The van der Waals surface area contributed by atoms with Gasteiger partial charge in [-0.2, -0.15) is 0 Å². The third-order valence-corrected chi connectivity index (χ3v) is 3.67. The topological polar surface area (TPSA) is 29.5 Å². The van der Waals surface area contributed by atoms with Crippen LogP contribution in [-0.2, 0) is 5.60 Å². The maximum Gasteiger partial charge on any atom is 0.125 e. The number of rotatable bonds is 3. The van der Waals surface area contributed by atoms with Crippen LogP contribution in [0.2, 0.25) is 0 Å². The molecule has 0 heterocycles. The van der Waals surface area contributed by atoms with Crippen LogP contribution < -0.4 is 4.74 Å². The van der Waals surface area contributed by atoms with Crippen LogP contribution in [0.15, 0.2) is 24.3 Å². The molecule has 0 aromatic heterocycles. The molecule has 0 spiro atoms. The number of para-hydroxylation sites is 1. The van der Waals surface area contributed by atoms with Crippen LogP contribution in [0.1, 0.15) is 45.6 Å². The molecule has 1 saturated carbocycles. The average molecular weight is 234 g/mol. The molecule has 1 atom stereocenters. The van der Waals surface area contributed by atoms with Crippen LogP contribution in [0.25, 0.3) is 0 Å². The Hall–Kier alpha value is -1.02. The van der Waals surface area contributed by atoms with E-state index < -0.39 is 5.60 Å². The Morgan fingerprint density at radius 2 is 1.94 bits per heavy atom. The van der Waals surface area contributed by atoms with Gasteiger partial charge in [-0.3, -0.25) is 0 Å². The quantitative estimate of drug-likeness (QED) is 0.867. The fraction of sp³-hybridized carbons (Fsp3) is 0.600. The summed E-state index contributed by atoms with van der Waals surface area (Å²) in [7, 11) is 0. The summed E-state index contributed by atoms with van der Waals surface area (Å²) in [5, 5.41) is 10.8. The summed E-state index contributed by atoms with van der Waals surface area (Å²) in [4.78, 5) is 0. The van der Waals surface area contributed by atoms with E-state index in [2.05, 4.69) is 13.8 Å². The fourth-order valence-corrected chi connectivity index (χ4v) is 2.88. The van der Waals surface area contributed by atoms with Gasteiger partial charge in [-0.25, -0.2) is 0 Å². The first-order valence-corrected chi connectivity index (χ1v) is 6.42. The van der Waals surface area contributed by atoms with Gasteiger partial charge in [0.15, 0.2) is 0 Å². The number of aliphatic hydroxyl groups is 1. The van der Waals surface area contributed by atoms with Crippen molar-refractivity contribution in [3.8, 4) is 5.75 Å². The van der Waals surface area contributed by atoms with E-state index in [1.54, 1.807) is 0 Å². The van der Waals surface area contributed by atoms with Crippen molar-refractivity contribution in [1.82, 2.24) is 0 Å². The van der Waals surface area contributed by atoms with Crippen molar-refractivity contribution in [1.29, 1.82) is 0 Å². The molecule has 0 aliphatic heterocycles. The molecule has 1 fully saturated rings. The minimum absolute atomic E-state index is 0.216. The van der Waals surface area contributed by atoms with Crippen molar-refractivity contribution >= 4 is 0 Å². The summed E-state index contributed by atoms with van der Waals surface area (Å²) in [5.74, 6) is 0.829. The summed E-state index contributed by atoms with van der Waals surface area (Å²) in [5.41, 5.74) is 0.455. The van der Waals surface area contributed by atoms with E-state index in [9.17, 15) is 5.11 Å². The molecule has 94 valence electrons. The molecule has 1 aliphatic rings. The standard InChI is InChI=1S/C15H22O2/c1-4-17-13-8-6-5-7-12(13)15(16)10-9-14(2,3)11-15/h5-8,16H,4,9-11H2,1-3H3. The van der Waals surface area contributed by atoms with Crippen molar-refractivity contribution in [2.24, 2.45) is 5.41 Å². The molecule has 1 unspecified atom stereocenters. The van der Waals surface area contributed by atoms with Crippen molar-refractivity contribution in [2.75, 3.05) is 6.61 Å². The molecule has 2 nitrogen and oxygen atoms in total. The fourth-order valence-electron chi connectivity index (χ4n) is 2.88. The molecule has 1 aliphatic carbocycles. The molecule has 2 heteroatoms. The van der Waals surface area contributed by atoms with Crippen molar-refractivity contribution in [3.63, 3.8) is 0 Å². The molecule has 0 radical (unpaired) electrons. The van der Waals surface area contributed by atoms with Gasteiger partial charge in [0.1, 0.15) is 5.75 Å². The number of benzene rings is 1. The Morgan fingerprint density at radius 1 is 1.24 bits per heavy atom. The second-order valence-electron chi connectivity index (χ2n) is 5.80. The van der Waals surface area contributed by atoms with E-state index in [4.69, 9.17) is 4.74 Å².